The molecule has 0 saturated heterocycles. The average Bonchev–Trinajstić information content (AvgIpc) is 2.66. The van der Waals surface area contributed by atoms with Crippen LogP contribution in [-0.2, 0) is 0 Å². The highest BCUT2D eigenvalue weighted by molar-refractivity contribution is 6.08. The molecule has 27 heavy (non-hydrogen) atoms. The monoisotopic (exact) mass is 367 g/mol. The number of hydrogen-bond acceptors (Lipinski definition) is 3. The molecular formula is C20H15F2N3O2. The second-order valence-corrected chi connectivity index (χ2v) is 5.78. The molecule has 0 radical (unpaired) electrons. The van der Waals surface area contributed by atoms with Crippen LogP contribution in [0.1, 0.15) is 26.3 Å². The van der Waals surface area contributed by atoms with Gasteiger partial charge in [0.25, 0.3) is 11.8 Å². The van der Waals surface area contributed by atoms with Gasteiger partial charge in [0.15, 0.2) is 0 Å². The molecule has 3 aromatic rings. The summed E-state index contributed by atoms with van der Waals surface area (Å²) in [6, 6.07) is 11.8. The number of nitrogens with one attached hydrogen (secondary N) is 2. The number of aromatic nitrogens is 1. The molecule has 0 spiro atoms. The quantitative estimate of drug-likeness (QED) is 0.727. The van der Waals surface area contributed by atoms with Crippen LogP contribution in [0.15, 0.2) is 60.9 Å². The van der Waals surface area contributed by atoms with Crippen LogP contribution in [0.5, 0.6) is 0 Å². The Morgan fingerprint density at radius 2 is 1.44 bits per heavy atom. The maximum absolute atomic E-state index is 13.7. The lowest BCUT2D eigenvalue weighted by Crippen LogP contribution is -2.17. The van der Waals surface area contributed by atoms with E-state index in [9.17, 15) is 18.4 Å². The van der Waals surface area contributed by atoms with Crippen LogP contribution in [0.25, 0.3) is 0 Å². The van der Waals surface area contributed by atoms with Crippen LogP contribution in [-0.4, -0.2) is 16.8 Å². The van der Waals surface area contributed by atoms with Crippen molar-refractivity contribution in [3.8, 4) is 0 Å². The molecule has 0 atom stereocenters. The minimum absolute atomic E-state index is 0.00455. The average molecular weight is 367 g/mol. The summed E-state index contributed by atoms with van der Waals surface area (Å²) < 4.78 is 27.4. The summed E-state index contributed by atoms with van der Waals surface area (Å²) >= 11 is 0. The maximum atomic E-state index is 13.7. The topological polar surface area (TPSA) is 71.1 Å². The predicted molar refractivity (Wildman–Crippen MR) is 97.7 cm³/mol. The van der Waals surface area contributed by atoms with E-state index in [1.165, 1.54) is 24.5 Å². The number of rotatable bonds is 4. The zero-order valence-corrected chi connectivity index (χ0v) is 14.3. The number of aryl methyl sites for hydroxylation is 1. The maximum Gasteiger partial charge on any atom is 0.257 e. The Balaban J connectivity index is 1.80. The van der Waals surface area contributed by atoms with Crippen molar-refractivity contribution in [2.45, 2.75) is 6.92 Å². The summed E-state index contributed by atoms with van der Waals surface area (Å²) in [6.07, 6.45) is 2.51. The summed E-state index contributed by atoms with van der Waals surface area (Å²) in [5.74, 6) is -3.03. The van der Waals surface area contributed by atoms with Crippen LogP contribution in [0.3, 0.4) is 0 Å². The number of para-hydroxylation sites is 2. The third-order valence-corrected chi connectivity index (χ3v) is 3.86. The Hall–Kier alpha value is -3.61. The Morgan fingerprint density at radius 1 is 0.852 bits per heavy atom. The highest BCUT2D eigenvalue weighted by atomic mass is 19.1. The molecule has 0 bridgehead atoms. The Bertz CT molecular complexity index is 1000. The summed E-state index contributed by atoms with van der Waals surface area (Å²) in [5.41, 5.74) is 1.08. The normalized spacial score (nSPS) is 10.3. The number of hydrogen-bond donors (Lipinski definition) is 2. The second-order valence-electron chi connectivity index (χ2n) is 5.78. The van der Waals surface area contributed by atoms with Crippen LogP contribution < -0.4 is 10.6 Å². The van der Waals surface area contributed by atoms with Crippen molar-refractivity contribution in [2.75, 3.05) is 10.6 Å². The van der Waals surface area contributed by atoms with E-state index in [-0.39, 0.29) is 11.1 Å². The first-order valence-corrected chi connectivity index (χ1v) is 8.03. The Labute approximate surface area is 154 Å². The SMILES string of the molecule is Cc1ccccc1NC(=O)c1cncc(C(=O)Nc2c(F)cccc2F)c1. The number of halogens is 2. The van der Waals surface area contributed by atoms with Crippen LogP contribution in [0, 0.1) is 18.6 Å². The van der Waals surface area contributed by atoms with Crippen LogP contribution >= 0.6 is 0 Å². The molecule has 1 aromatic heterocycles. The van der Waals surface area contributed by atoms with E-state index in [2.05, 4.69) is 15.6 Å². The van der Waals surface area contributed by atoms with E-state index in [0.29, 0.717) is 5.69 Å². The van der Waals surface area contributed by atoms with Crippen molar-refractivity contribution in [2.24, 2.45) is 0 Å². The zero-order valence-electron chi connectivity index (χ0n) is 14.3. The van der Waals surface area contributed by atoms with Gasteiger partial charge in [0.2, 0.25) is 0 Å². The van der Waals surface area contributed by atoms with Crippen molar-refractivity contribution in [1.82, 2.24) is 4.98 Å². The molecule has 2 aromatic carbocycles. The fourth-order valence-corrected chi connectivity index (χ4v) is 2.40. The van der Waals surface area contributed by atoms with Gasteiger partial charge in [-0.15, -0.1) is 0 Å². The van der Waals surface area contributed by atoms with Gasteiger partial charge in [-0.25, -0.2) is 8.78 Å². The van der Waals surface area contributed by atoms with Gasteiger partial charge in [-0.05, 0) is 36.8 Å². The zero-order chi connectivity index (χ0) is 19.4. The molecule has 0 aliphatic rings. The minimum atomic E-state index is -0.898. The molecule has 5 nitrogen and oxygen atoms in total. The lowest BCUT2D eigenvalue weighted by Gasteiger charge is -2.10. The van der Waals surface area contributed by atoms with Crippen LogP contribution in [0.2, 0.25) is 0 Å². The van der Waals surface area contributed by atoms with Crippen molar-refractivity contribution in [1.29, 1.82) is 0 Å². The standard InChI is InChI=1S/C20H15F2N3O2/c1-12-5-2-3-8-17(12)24-19(26)13-9-14(11-23-10-13)20(27)25-18-15(21)6-4-7-16(18)22/h2-11H,1H3,(H,24,26)(H,25,27). The molecular weight excluding hydrogens is 352 g/mol. The predicted octanol–water partition coefficient (Wildman–Crippen LogP) is 4.17. The van der Waals surface area contributed by atoms with Gasteiger partial charge in [-0.3, -0.25) is 14.6 Å². The van der Waals surface area contributed by atoms with Gasteiger partial charge in [-0.1, -0.05) is 24.3 Å². The fraction of sp³-hybridized carbons (Fsp3) is 0.0500. The molecule has 2 N–H and O–H groups in total. The van der Waals surface area contributed by atoms with Gasteiger partial charge in [0.05, 0.1) is 11.1 Å². The van der Waals surface area contributed by atoms with E-state index >= 15 is 0 Å². The lowest BCUT2D eigenvalue weighted by molar-refractivity contribution is 0.102. The second kappa shape index (κ2) is 7.74. The van der Waals surface area contributed by atoms with Gasteiger partial charge >= 0.3 is 0 Å². The molecule has 1 heterocycles. The van der Waals surface area contributed by atoms with Gasteiger partial charge < -0.3 is 10.6 Å². The van der Waals surface area contributed by atoms with E-state index in [0.717, 1.165) is 17.7 Å². The number of nitrogens with zero attached hydrogens (tertiary/aromatic N) is 1. The van der Waals surface area contributed by atoms with Crippen molar-refractivity contribution >= 4 is 23.2 Å². The number of carbonyl (C=O) groups excluding carboxylic acids is 2. The Kier molecular flexibility index (Phi) is 5.21. The number of benzene rings is 2. The summed E-state index contributed by atoms with van der Waals surface area (Å²) in [7, 11) is 0. The summed E-state index contributed by atoms with van der Waals surface area (Å²) in [4.78, 5) is 28.6. The first kappa shape index (κ1) is 18.2. The van der Waals surface area contributed by atoms with E-state index in [1.807, 2.05) is 19.1 Å². The van der Waals surface area contributed by atoms with Gasteiger partial charge in [0.1, 0.15) is 17.3 Å². The highest BCUT2D eigenvalue weighted by Gasteiger charge is 2.16. The van der Waals surface area contributed by atoms with Crippen molar-refractivity contribution in [3.05, 3.63) is 89.2 Å². The third kappa shape index (κ3) is 4.14. The number of anilines is 2. The van der Waals surface area contributed by atoms with E-state index in [1.54, 1.807) is 12.1 Å². The first-order chi connectivity index (χ1) is 13.0. The number of amides is 2. The van der Waals surface area contributed by atoms with Gasteiger partial charge in [0, 0.05) is 18.1 Å². The molecule has 136 valence electrons. The van der Waals surface area contributed by atoms with E-state index in [4.69, 9.17) is 0 Å². The number of carbonyl (C=O) groups is 2. The van der Waals surface area contributed by atoms with Crippen molar-refractivity contribution in [3.63, 3.8) is 0 Å². The smallest absolute Gasteiger partial charge is 0.257 e. The summed E-state index contributed by atoms with van der Waals surface area (Å²) in [5, 5.41) is 4.89. The van der Waals surface area contributed by atoms with E-state index < -0.39 is 29.1 Å². The molecule has 0 aliphatic carbocycles. The molecule has 7 heteroatoms. The third-order valence-electron chi connectivity index (χ3n) is 3.86. The van der Waals surface area contributed by atoms with Crippen LogP contribution in [0.4, 0.5) is 20.2 Å². The highest BCUT2D eigenvalue weighted by Crippen LogP contribution is 2.19. The molecule has 2 amide bonds. The lowest BCUT2D eigenvalue weighted by atomic mass is 10.1. The number of pyridine rings is 1. The Morgan fingerprint density at radius 3 is 2.07 bits per heavy atom. The fourth-order valence-electron chi connectivity index (χ4n) is 2.40. The summed E-state index contributed by atoms with van der Waals surface area (Å²) in [6.45, 7) is 1.85. The molecule has 0 saturated carbocycles. The first-order valence-electron chi connectivity index (χ1n) is 8.03. The molecule has 3 rings (SSSR count). The van der Waals surface area contributed by atoms with Gasteiger partial charge in [-0.2, -0.15) is 0 Å². The van der Waals surface area contributed by atoms with Crippen molar-refractivity contribution < 1.29 is 18.4 Å². The molecule has 0 fully saturated rings. The largest absolute Gasteiger partial charge is 0.322 e. The minimum Gasteiger partial charge on any atom is -0.322 e. The molecule has 0 unspecified atom stereocenters. The molecule has 0 aliphatic heterocycles.